The predicted molar refractivity (Wildman–Crippen MR) is 198 cm³/mol. The second kappa shape index (κ2) is 20.1. The SMILES string of the molecule is CO[C@H]1OC(COC(=O)c2ccccc2)[C@@H](O[C@@H]2OC(CO)[C@@H](O)C(OCc3ccccc3)C2OC(=O)c2ccccc2)C(OCc2ccccc2)C1N=[N+]=[N-]. The van der Waals surface area contributed by atoms with E-state index in [4.69, 9.17) is 37.9 Å². The summed E-state index contributed by atoms with van der Waals surface area (Å²) in [4.78, 5) is 29.8. The van der Waals surface area contributed by atoms with Gasteiger partial charge in [-0.15, -0.1) is 0 Å². The number of aliphatic hydroxyl groups is 2. The molecule has 4 aromatic rings. The van der Waals surface area contributed by atoms with Gasteiger partial charge in [0.25, 0.3) is 0 Å². The summed E-state index contributed by atoms with van der Waals surface area (Å²) in [5.74, 6) is -1.42. The lowest BCUT2D eigenvalue weighted by atomic mass is 9.95. The highest BCUT2D eigenvalue weighted by molar-refractivity contribution is 5.89. The molecule has 0 bridgehead atoms. The molecule has 2 fully saturated rings. The number of azide groups is 1. The van der Waals surface area contributed by atoms with Gasteiger partial charge >= 0.3 is 11.9 Å². The molecule has 0 spiro atoms. The van der Waals surface area contributed by atoms with Crippen LogP contribution in [0.5, 0.6) is 0 Å². The Labute approximate surface area is 323 Å². The molecular weight excluding hydrogens is 726 g/mol. The van der Waals surface area contributed by atoms with Crippen molar-refractivity contribution in [1.29, 1.82) is 0 Å². The number of rotatable bonds is 16. The molecule has 2 saturated heterocycles. The maximum absolute atomic E-state index is 13.6. The summed E-state index contributed by atoms with van der Waals surface area (Å²) in [7, 11) is 1.36. The predicted octanol–water partition coefficient (Wildman–Crippen LogP) is 4.75. The van der Waals surface area contributed by atoms with Gasteiger partial charge in [0, 0.05) is 12.0 Å². The fourth-order valence-corrected chi connectivity index (χ4v) is 6.50. The smallest absolute Gasteiger partial charge is 0.338 e. The number of methoxy groups -OCH3 is 1. The van der Waals surface area contributed by atoms with E-state index in [0.29, 0.717) is 0 Å². The third-order valence-corrected chi connectivity index (χ3v) is 9.33. The van der Waals surface area contributed by atoms with Crippen LogP contribution in [0.15, 0.2) is 126 Å². The minimum Gasteiger partial charge on any atom is -0.459 e. The van der Waals surface area contributed by atoms with Crippen LogP contribution in [0.2, 0.25) is 0 Å². The molecule has 0 radical (unpaired) electrons. The van der Waals surface area contributed by atoms with Crippen molar-refractivity contribution in [1.82, 2.24) is 0 Å². The third-order valence-electron chi connectivity index (χ3n) is 9.33. The van der Waals surface area contributed by atoms with E-state index in [1.807, 2.05) is 60.7 Å². The molecule has 0 amide bonds. The van der Waals surface area contributed by atoms with Crippen molar-refractivity contribution in [2.24, 2.45) is 5.11 Å². The van der Waals surface area contributed by atoms with Crippen LogP contribution in [0.1, 0.15) is 31.8 Å². The van der Waals surface area contributed by atoms with E-state index in [2.05, 4.69) is 10.0 Å². The first-order valence-corrected chi connectivity index (χ1v) is 18.0. The van der Waals surface area contributed by atoms with E-state index in [9.17, 15) is 25.3 Å². The van der Waals surface area contributed by atoms with Gasteiger partial charge in [-0.3, -0.25) is 0 Å². The number of aliphatic hydroxyl groups excluding tert-OH is 2. The van der Waals surface area contributed by atoms with Crippen molar-refractivity contribution in [2.45, 2.75) is 74.6 Å². The molecule has 6 unspecified atom stereocenters. The highest BCUT2D eigenvalue weighted by Crippen LogP contribution is 2.35. The lowest BCUT2D eigenvalue weighted by Gasteiger charge is -2.48. The second-order valence-electron chi connectivity index (χ2n) is 13.0. The first kappa shape index (κ1) is 40.5. The molecule has 6 rings (SSSR count). The van der Waals surface area contributed by atoms with Crippen LogP contribution in [0, 0.1) is 0 Å². The number of ether oxygens (including phenoxy) is 8. The van der Waals surface area contributed by atoms with Gasteiger partial charge in [-0.1, -0.05) is 102 Å². The Morgan fingerprint density at radius 3 is 1.75 bits per heavy atom. The summed E-state index contributed by atoms with van der Waals surface area (Å²) in [6.07, 6.45) is -11.8. The molecule has 15 nitrogen and oxygen atoms in total. The number of esters is 2. The molecule has 15 heteroatoms. The van der Waals surface area contributed by atoms with Gasteiger partial charge < -0.3 is 48.1 Å². The zero-order valence-electron chi connectivity index (χ0n) is 30.5. The quantitative estimate of drug-likeness (QED) is 0.0688. The van der Waals surface area contributed by atoms with Gasteiger partial charge in [-0.2, -0.15) is 0 Å². The monoisotopic (exact) mass is 769 g/mol. The first-order valence-electron chi connectivity index (χ1n) is 18.0. The first-order chi connectivity index (χ1) is 27.4. The second-order valence-corrected chi connectivity index (χ2v) is 13.0. The molecule has 294 valence electrons. The molecule has 0 aromatic heterocycles. The van der Waals surface area contributed by atoms with Crippen LogP contribution in [0.3, 0.4) is 0 Å². The number of carbonyl (C=O) groups excluding carboxylic acids is 2. The number of hydrogen-bond donors (Lipinski definition) is 2. The van der Waals surface area contributed by atoms with Crippen molar-refractivity contribution in [3.63, 3.8) is 0 Å². The zero-order valence-corrected chi connectivity index (χ0v) is 30.5. The number of hydrogen-bond acceptors (Lipinski definition) is 13. The minimum atomic E-state index is -1.56. The molecule has 2 N–H and O–H groups in total. The van der Waals surface area contributed by atoms with Gasteiger partial charge in [-0.25, -0.2) is 9.59 Å². The number of carbonyl (C=O) groups is 2. The largest absolute Gasteiger partial charge is 0.459 e. The van der Waals surface area contributed by atoms with Crippen molar-refractivity contribution < 1.29 is 57.7 Å². The van der Waals surface area contributed by atoms with Gasteiger partial charge in [0.15, 0.2) is 18.7 Å². The summed E-state index contributed by atoms with van der Waals surface area (Å²) in [6.45, 7) is -1.04. The Hall–Kier alpha value is -5.19. The molecule has 4 aromatic carbocycles. The van der Waals surface area contributed by atoms with E-state index in [0.717, 1.165) is 11.1 Å². The van der Waals surface area contributed by atoms with Crippen LogP contribution in [0.25, 0.3) is 10.4 Å². The zero-order chi connectivity index (χ0) is 39.3. The van der Waals surface area contributed by atoms with Crippen molar-refractivity contribution >= 4 is 11.9 Å². The highest BCUT2D eigenvalue weighted by Gasteiger charge is 2.54. The fraction of sp³-hybridized carbons (Fsp3) is 0.366. The molecule has 2 aliphatic rings. The summed E-state index contributed by atoms with van der Waals surface area (Å²) < 4.78 is 49.2. The topological polar surface area (TPSA) is 197 Å². The van der Waals surface area contributed by atoms with E-state index in [1.54, 1.807) is 60.7 Å². The Bertz CT molecular complexity index is 1870. The Balaban J connectivity index is 1.38. The maximum atomic E-state index is 13.6. The molecule has 2 aliphatic heterocycles. The van der Waals surface area contributed by atoms with Crippen LogP contribution < -0.4 is 0 Å². The van der Waals surface area contributed by atoms with Crippen molar-refractivity contribution in [3.05, 3.63) is 154 Å². The standard InChI is InChI=1S/C41H43N3O12/c1-49-40-32(43-44-42)35(50-23-26-14-6-2-7-15-26)34(31(54-40)25-52-38(47)28-18-10-4-11-19-28)56-41-37(55-39(48)29-20-12-5-13-21-29)36(33(46)30(22-45)53-41)51-24-27-16-8-3-9-17-27/h2-21,30-37,40-41,45-46H,22-25H2,1H3/t30?,31?,32?,33-,34-,35?,36?,37?,40+,41+/m1/s1. The van der Waals surface area contributed by atoms with Crippen LogP contribution >= 0.6 is 0 Å². The molecule has 0 aliphatic carbocycles. The highest BCUT2D eigenvalue weighted by atomic mass is 16.8. The van der Waals surface area contributed by atoms with E-state index < -0.39 is 86.5 Å². The summed E-state index contributed by atoms with van der Waals surface area (Å²) >= 11 is 0. The summed E-state index contributed by atoms with van der Waals surface area (Å²) in [5, 5.41) is 25.9. The van der Waals surface area contributed by atoms with E-state index in [-0.39, 0.29) is 24.3 Å². The Morgan fingerprint density at radius 2 is 1.21 bits per heavy atom. The molecule has 56 heavy (non-hydrogen) atoms. The normalized spacial score (nSPS) is 27.4. The summed E-state index contributed by atoms with van der Waals surface area (Å²) in [6, 6.07) is 33.7. The van der Waals surface area contributed by atoms with Crippen molar-refractivity contribution in [3.8, 4) is 0 Å². The van der Waals surface area contributed by atoms with Gasteiger partial charge in [0.1, 0.15) is 49.3 Å². The fourth-order valence-electron chi connectivity index (χ4n) is 6.50. The van der Waals surface area contributed by atoms with Crippen LogP contribution in [-0.2, 0) is 51.1 Å². The van der Waals surface area contributed by atoms with Crippen LogP contribution in [0.4, 0.5) is 0 Å². The molecule has 10 atom stereocenters. The Kier molecular flexibility index (Phi) is 14.5. The Morgan fingerprint density at radius 1 is 0.696 bits per heavy atom. The number of nitrogens with zero attached hydrogens (tertiary/aromatic N) is 3. The average molecular weight is 770 g/mol. The summed E-state index contributed by atoms with van der Waals surface area (Å²) in [5.41, 5.74) is 11.7. The van der Waals surface area contributed by atoms with Gasteiger partial charge in [-0.05, 0) is 40.9 Å². The molecule has 0 saturated carbocycles. The minimum absolute atomic E-state index is 0.00524. The lowest BCUT2D eigenvalue weighted by molar-refractivity contribution is -0.351. The molecular formula is C41H43N3O12. The van der Waals surface area contributed by atoms with Crippen molar-refractivity contribution in [2.75, 3.05) is 20.3 Å². The lowest BCUT2D eigenvalue weighted by Crippen LogP contribution is -2.65. The van der Waals surface area contributed by atoms with Crippen LogP contribution in [-0.4, -0.2) is 104 Å². The average Bonchev–Trinajstić information content (AvgIpc) is 3.24. The van der Waals surface area contributed by atoms with Gasteiger partial charge in [0.2, 0.25) is 0 Å². The number of benzene rings is 4. The van der Waals surface area contributed by atoms with E-state index in [1.165, 1.54) is 7.11 Å². The molecule has 2 heterocycles. The third kappa shape index (κ3) is 10.2. The van der Waals surface area contributed by atoms with E-state index >= 15 is 0 Å². The maximum Gasteiger partial charge on any atom is 0.338 e. The van der Waals surface area contributed by atoms with Gasteiger partial charge in [0.05, 0.1) is 30.9 Å².